The van der Waals surface area contributed by atoms with Gasteiger partial charge in [-0.1, -0.05) is 0 Å². The molecule has 0 radical (unpaired) electrons. The van der Waals surface area contributed by atoms with Crippen LogP contribution in [-0.4, -0.2) is 65.1 Å². The van der Waals surface area contributed by atoms with Gasteiger partial charge in [-0.15, -0.1) is 0 Å². The topological polar surface area (TPSA) is 138 Å². The van der Waals surface area contributed by atoms with E-state index in [1.807, 2.05) is 0 Å². The van der Waals surface area contributed by atoms with E-state index in [0.717, 1.165) is 6.07 Å². The predicted octanol–water partition coefficient (Wildman–Crippen LogP) is -0.375. The molecule has 0 aliphatic carbocycles. The van der Waals surface area contributed by atoms with Gasteiger partial charge in [-0.05, 0) is 18.2 Å². The summed E-state index contributed by atoms with van der Waals surface area (Å²) in [5.41, 5.74) is -0.219. The summed E-state index contributed by atoms with van der Waals surface area (Å²) in [7, 11) is 0. The summed E-state index contributed by atoms with van der Waals surface area (Å²) in [6.07, 6.45) is -0.334. The molecule has 10 heteroatoms. The van der Waals surface area contributed by atoms with Gasteiger partial charge in [0.2, 0.25) is 5.43 Å². The molecule has 27 heavy (non-hydrogen) atoms. The first-order chi connectivity index (χ1) is 13.0. The maximum atomic E-state index is 13.4. The predicted molar refractivity (Wildman–Crippen MR) is 90.0 cm³/mol. The Kier molecular flexibility index (Phi) is 5.49. The van der Waals surface area contributed by atoms with Gasteiger partial charge in [-0.2, -0.15) is 0 Å². The molecule has 0 unspecified atom stereocenters. The molecule has 2 aromatic rings. The Morgan fingerprint density at radius 2 is 2.00 bits per heavy atom. The number of amides is 1. The number of carbonyl (C=O) groups excluding carboxylic acids is 1. The Morgan fingerprint density at radius 1 is 1.30 bits per heavy atom. The molecule has 3 heterocycles. The number of ether oxygens (including phenoxy) is 2. The van der Waals surface area contributed by atoms with Crippen LogP contribution >= 0.6 is 0 Å². The fraction of sp³-hybridized carbons (Fsp3) is 0.353. The number of carbonyl (C=O) groups is 2. The average Bonchev–Trinajstić information content (AvgIpc) is 3.20. The highest BCUT2D eigenvalue weighted by Gasteiger charge is 2.47. The van der Waals surface area contributed by atoms with Crippen molar-refractivity contribution in [3.05, 3.63) is 46.0 Å². The summed E-state index contributed by atoms with van der Waals surface area (Å²) in [5, 5.41) is 19.4. The molecule has 0 spiro atoms. The number of H-pyrrole nitrogens is 1. The molecule has 2 fully saturated rings. The lowest BCUT2D eigenvalue weighted by Crippen LogP contribution is -2.45. The third-order valence-electron chi connectivity index (χ3n) is 4.43. The number of aliphatic hydroxyl groups is 1. The number of halogens is 1. The van der Waals surface area contributed by atoms with Crippen molar-refractivity contribution in [3.63, 3.8) is 0 Å². The SMILES string of the molecule is O=C(N[C@H]1CO[C@H]2[C@@H]1OC[C@@H]2O)c1c[nH]c2ccc(F)cc2c1=O.O=CO. The molecule has 1 amide bonds. The number of hydrogen-bond acceptors (Lipinski definition) is 6. The Bertz CT molecular complexity index is 916. The van der Waals surface area contributed by atoms with E-state index in [0.29, 0.717) is 5.52 Å². The number of nitrogens with one attached hydrogen (secondary N) is 2. The van der Waals surface area contributed by atoms with Crippen LogP contribution in [0.2, 0.25) is 0 Å². The van der Waals surface area contributed by atoms with Gasteiger partial charge in [0.15, 0.2) is 0 Å². The fourth-order valence-electron chi connectivity index (χ4n) is 3.21. The zero-order chi connectivity index (χ0) is 19.6. The van der Waals surface area contributed by atoms with Gasteiger partial charge in [0.05, 0.1) is 19.3 Å². The highest BCUT2D eigenvalue weighted by atomic mass is 19.1. The zero-order valence-electron chi connectivity index (χ0n) is 13.9. The van der Waals surface area contributed by atoms with Crippen molar-refractivity contribution in [1.82, 2.24) is 10.3 Å². The molecule has 1 aromatic carbocycles. The molecule has 2 saturated heterocycles. The summed E-state index contributed by atoms with van der Waals surface area (Å²) in [4.78, 5) is 36.0. The van der Waals surface area contributed by atoms with Crippen molar-refractivity contribution in [2.45, 2.75) is 24.4 Å². The van der Waals surface area contributed by atoms with Gasteiger partial charge in [0, 0.05) is 17.1 Å². The van der Waals surface area contributed by atoms with Crippen LogP contribution in [0.4, 0.5) is 4.39 Å². The van der Waals surface area contributed by atoms with Crippen molar-refractivity contribution in [3.8, 4) is 0 Å². The summed E-state index contributed by atoms with van der Waals surface area (Å²) >= 11 is 0. The van der Waals surface area contributed by atoms with Crippen molar-refractivity contribution in [2.75, 3.05) is 13.2 Å². The second kappa shape index (κ2) is 7.82. The Balaban J connectivity index is 0.000000659. The largest absolute Gasteiger partial charge is 0.483 e. The van der Waals surface area contributed by atoms with Crippen molar-refractivity contribution in [2.24, 2.45) is 0 Å². The standard InChI is InChI=1S/C16H15FN2O5.CH2O2/c17-7-1-2-10-8(3-7)13(21)9(4-18-10)16(22)19-11-5-23-15-12(20)6-24-14(11)15;2-1-3/h1-4,11-12,14-15,20H,5-6H2,(H,18,21)(H,19,22);1H,(H,2,3)/t11-,12-,14+,15+;/m0./s1. The summed E-state index contributed by atoms with van der Waals surface area (Å²) in [5.74, 6) is -1.15. The maximum absolute atomic E-state index is 13.4. The molecular formula is C17H17FN2O7. The van der Waals surface area contributed by atoms with E-state index in [1.54, 1.807) is 0 Å². The first-order valence-electron chi connectivity index (χ1n) is 8.07. The fourth-order valence-corrected chi connectivity index (χ4v) is 3.21. The molecule has 0 saturated carbocycles. The number of aliphatic hydroxyl groups excluding tert-OH is 1. The first-order valence-corrected chi connectivity index (χ1v) is 8.07. The third kappa shape index (κ3) is 3.68. The Hall–Kier alpha value is -2.82. The number of hydrogen-bond donors (Lipinski definition) is 4. The molecule has 1 aromatic heterocycles. The lowest BCUT2D eigenvalue weighted by Gasteiger charge is -2.17. The number of carboxylic acid groups (broad SMARTS) is 1. The minimum atomic E-state index is -0.719. The molecular weight excluding hydrogens is 363 g/mol. The van der Waals surface area contributed by atoms with Crippen LogP contribution in [0.15, 0.2) is 29.2 Å². The summed E-state index contributed by atoms with van der Waals surface area (Å²) < 4.78 is 24.2. The van der Waals surface area contributed by atoms with E-state index in [2.05, 4.69) is 10.3 Å². The molecule has 4 N–H and O–H groups in total. The lowest BCUT2D eigenvalue weighted by atomic mass is 10.1. The molecule has 2 aliphatic rings. The van der Waals surface area contributed by atoms with Crippen LogP contribution in [0.3, 0.4) is 0 Å². The number of benzene rings is 1. The molecule has 9 nitrogen and oxygen atoms in total. The molecule has 144 valence electrons. The van der Waals surface area contributed by atoms with Gasteiger partial charge in [-0.3, -0.25) is 14.4 Å². The molecule has 4 atom stereocenters. The van der Waals surface area contributed by atoms with E-state index < -0.39 is 41.5 Å². The Morgan fingerprint density at radius 3 is 2.74 bits per heavy atom. The zero-order valence-corrected chi connectivity index (χ0v) is 13.9. The maximum Gasteiger partial charge on any atom is 0.290 e. The van der Waals surface area contributed by atoms with Crippen LogP contribution in [0, 0.1) is 5.82 Å². The number of aromatic nitrogens is 1. The van der Waals surface area contributed by atoms with E-state index in [4.69, 9.17) is 19.4 Å². The number of pyridine rings is 1. The smallest absolute Gasteiger partial charge is 0.290 e. The van der Waals surface area contributed by atoms with Gasteiger partial charge in [-0.25, -0.2) is 4.39 Å². The van der Waals surface area contributed by atoms with Gasteiger partial charge >= 0.3 is 0 Å². The molecule has 4 rings (SSSR count). The summed E-state index contributed by atoms with van der Waals surface area (Å²) in [6, 6.07) is 3.31. The minimum absolute atomic E-state index is 0.107. The van der Waals surface area contributed by atoms with Crippen molar-refractivity contribution >= 4 is 23.3 Å². The second-order valence-corrected chi connectivity index (χ2v) is 6.07. The Labute approximate surface area is 151 Å². The van der Waals surface area contributed by atoms with E-state index in [9.17, 15) is 19.1 Å². The van der Waals surface area contributed by atoms with E-state index in [1.165, 1.54) is 18.3 Å². The molecule has 0 bridgehead atoms. The van der Waals surface area contributed by atoms with E-state index in [-0.39, 0.29) is 30.6 Å². The monoisotopic (exact) mass is 380 g/mol. The third-order valence-corrected chi connectivity index (χ3v) is 4.43. The number of fused-ring (bicyclic) bond motifs is 2. The van der Waals surface area contributed by atoms with E-state index >= 15 is 0 Å². The normalized spacial score (nSPS) is 26.1. The number of aromatic amines is 1. The van der Waals surface area contributed by atoms with Gasteiger partial charge in [0.25, 0.3) is 12.4 Å². The second-order valence-electron chi connectivity index (χ2n) is 6.07. The van der Waals surface area contributed by atoms with Gasteiger partial charge < -0.3 is 30.0 Å². The quantitative estimate of drug-likeness (QED) is 0.521. The van der Waals surface area contributed by atoms with Crippen molar-refractivity contribution in [1.29, 1.82) is 0 Å². The lowest BCUT2D eigenvalue weighted by molar-refractivity contribution is -0.122. The minimum Gasteiger partial charge on any atom is -0.483 e. The highest BCUT2D eigenvalue weighted by molar-refractivity contribution is 5.97. The van der Waals surface area contributed by atoms with Crippen LogP contribution in [-0.2, 0) is 14.3 Å². The van der Waals surface area contributed by atoms with Crippen LogP contribution < -0.4 is 10.7 Å². The number of rotatable bonds is 2. The molecule has 2 aliphatic heterocycles. The van der Waals surface area contributed by atoms with Crippen LogP contribution in [0.5, 0.6) is 0 Å². The van der Waals surface area contributed by atoms with Crippen LogP contribution in [0.1, 0.15) is 10.4 Å². The first kappa shape index (κ1) is 19.0. The van der Waals surface area contributed by atoms with Gasteiger partial charge in [0.1, 0.15) is 29.7 Å². The van der Waals surface area contributed by atoms with Crippen LogP contribution in [0.25, 0.3) is 10.9 Å². The van der Waals surface area contributed by atoms with Crippen molar-refractivity contribution < 1.29 is 33.7 Å². The summed E-state index contributed by atoms with van der Waals surface area (Å²) in [6.45, 7) is 0.0930. The average molecular weight is 380 g/mol. The highest BCUT2D eigenvalue weighted by Crippen LogP contribution is 2.27.